The van der Waals surface area contributed by atoms with Crippen LogP contribution in [0.1, 0.15) is 36.4 Å². The first-order valence-electron chi connectivity index (χ1n) is 9.91. The summed E-state index contributed by atoms with van der Waals surface area (Å²) < 4.78 is 54.2. The molecule has 3 aromatic rings. The minimum absolute atomic E-state index is 0.213. The summed E-state index contributed by atoms with van der Waals surface area (Å²) in [5, 5.41) is 10.7. The largest absolute Gasteiger partial charge is 0.334 e. The monoisotopic (exact) mass is 445 g/mol. The van der Waals surface area contributed by atoms with Crippen molar-refractivity contribution in [2.75, 3.05) is 13.3 Å². The van der Waals surface area contributed by atoms with E-state index in [1.165, 1.54) is 0 Å². The lowest BCUT2D eigenvalue weighted by molar-refractivity contribution is 0.323. The number of sulfonamides is 1. The Bertz CT molecular complexity index is 1260. The molecule has 0 atom stereocenters. The Labute approximate surface area is 178 Å². The maximum atomic E-state index is 12.7. The molecule has 1 saturated carbocycles. The Morgan fingerprint density at radius 1 is 1.26 bits per heavy atom. The molecule has 4 rings (SSSR count). The molecule has 0 bridgehead atoms. The molecule has 7 nitrogen and oxygen atoms in total. The maximum Gasteiger partial charge on any atom is 0.244 e. The van der Waals surface area contributed by atoms with Crippen LogP contribution in [0.4, 0.5) is 8.78 Å². The summed E-state index contributed by atoms with van der Waals surface area (Å²) in [5.41, 5.74) is 2.97. The van der Waals surface area contributed by atoms with E-state index in [-0.39, 0.29) is 16.8 Å². The molecule has 1 aromatic carbocycles. The van der Waals surface area contributed by atoms with Crippen molar-refractivity contribution in [3.63, 3.8) is 0 Å². The summed E-state index contributed by atoms with van der Waals surface area (Å²) >= 11 is 0. The second-order valence-electron chi connectivity index (χ2n) is 7.68. The Kier molecular flexibility index (Phi) is 5.73. The van der Waals surface area contributed by atoms with Gasteiger partial charge in [0.25, 0.3) is 0 Å². The van der Waals surface area contributed by atoms with Crippen molar-refractivity contribution in [1.82, 2.24) is 19.3 Å². The summed E-state index contributed by atoms with van der Waals surface area (Å²) in [4.78, 5) is 8.12. The van der Waals surface area contributed by atoms with Crippen LogP contribution >= 0.6 is 0 Å². The van der Waals surface area contributed by atoms with Gasteiger partial charge in [-0.3, -0.25) is 0 Å². The molecule has 2 heterocycles. The minimum Gasteiger partial charge on any atom is -0.334 e. The summed E-state index contributed by atoms with van der Waals surface area (Å²) in [6.45, 7) is -0.350. The van der Waals surface area contributed by atoms with Gasteiger partial charge >= 0.3 is 0 Å². The third kappa shape index (κ3) is 3.79. The van der Waals surface area contributed by atoms with Gasteiger partial charge in [0.2, 0.25) is 10.0 Å². The predicted molar refractivity (Wildman–Crippen MR) is 111 cm³/mol. The number of rotatable bonds is 7. The summed E-state index contributed by atoms with van der Waals surface area (Å²) in [5.74, 6) is 0.226. The van der Waals surface area contributed by atoms with E-state index in [0.29, 0.717) is 11.3 Å². The molecule has 162 valence electrons. The molecule has 1 aliphatic carbocycles. The fraction of sp³-hybridized carbons (Fsp3) is 0.381. The smallest absolute Gasteiger partial charge is 0.244 e. The summed E-state index contributed by atoms with van der Waals surface area (Å²) in [7, 11) is -4.18. The van der Waals surface area contributed by atoms with Crippen LogP contribution in [0.5, 0.6) is 0 Å². The number of aryl methyl sites for hydroxylation is 1. The van der Waals surface area contributed by atoms with Crippen LogP contribution in [-0.2, 0) is 10.0 Å². The lowest BCUT2D eigenvalue weighted by Gasteiger charge is -2.29. The number of nitrogens with zero attached hydrogens (tertiary/aromatic N) is 4. The van der Waals surface area contributed by atoms with Crippen molar-refractivity contribution in [1.29, 1.82) is 5.26 Å². The SMILES string of the molecule is Cc1ccc2c(C#N)c(-c3ncc(S(=O)(=O)NC(CF)CF)cn3)n(C3CCC3)c2c1. The molecule has 1 aliphatic rings. The number of fused-ring (bicyclic) bond motifs is 1. The Hall–Kier alpha value is -2.90. The number of hydrogen-bond acceptors (Lipinski definition) is 5. The van der Waals surface area contributed by atoms with Crippen LogP contribution in [-0.4, -0.2) is 42.3 Å². The number of benzene rings is 1. The minimum atomic E-state index is -4.18. The molecule has 0 aliphatic heterocycles. The molecule has 0 unspecified atom stereocenters. The van der Waals surface area contributed by atoms with Gasteiger partial charge in [0, 0.05) is 11.4 Å². The van der Waals surface area contributed by atoms with Gasteiger partial charge in [-0.25, -0.2) is 31.9 Å². The van der Waals surface area contributed by atoms with Crippen LogP contribution in [0.2, 0.25) is 0 Å². The standard InChI is InChI=1S/C21H21F2N5O2S/c1-13-5-6-17-18(10-24)20(28(19(17)7-13)15-3-2-4-15)21-25-11-16(12-26-21)31(29,30)27-14(8-22)9-23/h5-7,11-12,14-15,27H,2-4,8-9H2,1H3. The zero-order valence-corrected chi connectivity index (χ0v) is 17.7. The molecule has 0 amide bonds. The van der Waals surface area contributed by atoms with Gasteiger partial charge < -0.3 is 4.57 Å². The topological polar surface area (TPSA) is 101 Å². The zero-order chi connectivity index (χ0) is 22.2. The predicted octanol–water partition coefficient (Wildman–Crippen LogP) is 3.59. The van der Waals surface area contributed by atoms with Crippen LogP contribution in [0, 0.1) is 18.3 Å². The quantitative estimate of drug-likeness (QED) is 0.599. The van der Waals surface area contributed by atoms with E-state index in [2.05, 4.69) is 20.6 Å². The molecule has 10 heteroatoms. The molecule has 0 radical (unpaired) electrons. The molecule has 1 fully saturated rings. The van der Waals surface area contributed by atoms with Crippen molar-refractivity contribution >= 4 is 20.9 Å². The second kappa shape index (κ2) is 8.32. The van der Waals surface area contributed by atoms with E-state index in [1.807, 2.05) is 29.8 Å². The highest BCUT2D eigenvalue weighted by Gasteiger charge is 2.29. The van der Waals surface area contributed by atoms with Crippen LogP contribution in [0.3, 0.4) is 0 Å². The molecular weight excluding hydrogens is 424 g/mol. The third-order valence-corrected chi connectivity index (χ3v) is 7.03. The number of nitrogens with one attached hydrogen (secondary N) is 1. The van der Waals surface area contributed by atoms with Gasteiger partial charge in [-0.2, -0.15) is 5.26 Å². The van der Waals surface area contributed by atoms with Gasteiger partial charge in [-0.15, -0.1) is 0 Å². The summed E-state index contributed by atoms with van der Waals surface area (Å²) in [6, 6.07) is 6.87. The van der Waals surface area contributed by atoms with Crippen molar-refractivity contribution in [2.24, 2.45) is 0 Å². The van der Waals surface area contributed by atoms with Gasteiger partial charge in [-0.1, -0.05) is 12.1 Å². The molecule has 2 aromatic heterocycles. The zero-order valence-electron chi connectivity index (χ0n) is 16.8. The lowest BCUT2D eigenvalue weighted by Crippen LogP contribution is -2.38. The van der Waals surface area contributed by atoms with E-state index in [0.717, 1.165) is 48.1 Å². The van der Waals surface area contributed by atoms with E-state index in [4.69, 9.17) is 0 Å². The number of aromatic nitrogens is 3. The fourth-order valence-electron chi connectivity index (χ4n) is 3.75. The maximum absolute atomic E-state index is 12.7. The van der Waals surface area contributed by atoms with Gasteiger partial charge in [-0.05, 0) is 37.8 Å². The number of alkyl halides is 2. The molecule has 0 spiro atoms. The Morgan fingerprint density at radius 2 is 1.94 bits per heavy atom. The number of hydrogen-bond donors (Lipinski definition) is 1. The van der Waals surface area contributed by atoms with E-state index in [1.54, 1.807) is 0 Å². The van der Waals surface area contributed by atoms with E-state index >= 15 is 0 Å². The van der Waals surface area contributed by atoms with Crippen molar-refractivity contribution < 1.29 is 17.2 Å². The van der Waals surface area contributed by atoms with Crippen LogP contribution in [0.15, 0.2) is 35.5 Å². The van der Waals surface area contributed by atoms with Crippen molar-refractivity contribution in [3.8, 4) is 17.6 Å². The Morgan fingerprint density at radius 3 is 2.48 bits per heavy atom. The average Bonchev–Trinajstić information content (AvgIpc) is 3.04. The molecule has 0 saturated heterocycles. The van der Waals surface area contributed by atoms with Crippen LogP contribution < -0.4 is 4.72 Å². The Balaban J connectivity index is 1.82. The fourth-order valence-corrected chi connectivity index (χ4v) is 4.83. The number of nitriles is 1. The van der Waals surface area contributed by atoms with Gasteiger partial charge in [0.1, 0.15) is 30.0 Å². The first kappa shape index (κ1) is 21.3. The van der Waals surface area contributed by atoms with Crippen molar-refractivity contribution in [3.05, 3.63) is 41.7 Å². The molecular formula is C21H21F2N5O2S. The lowest BCUT2D eigenvalue weighted by atomic mass is 9.92. The highest BCUT2D eigenvalue weighted by atomic mass is 32.2. The van der Waals surface area contributed by atoms with E-state index in [9.17, 15) is 22.5 Å². The van der Waals surface area contributed by atoms with Gasteiger partial charge in [0.15, 0.2) is 5.82 Å². The first-order valence-corrected chi connectivity index (χ1v) is 11.4. The van der Waals surface area contributed by atoms with Crippen molar-refractivity contribution in [2.45, 2.75) is 43.2 Å². The molecule has 1 N–H and O–H groups in total. The average molecular weight is 445 g/mol. The van der Waals surface area contributed by atoms with Gasteiger partial charge in [0.05, 0.1) is 29.5 Å². The molecule has 31 heavy (non-hydrogen) atoms. The second-order valence-corrected chi connectivity index (χ2v) is 9.39. The normalized spacial score (nSPS) is 14.7. The first-order chi connectivity index (χ1) is 14.9. The summed E-state index contributed by atoms with van der Waals surface area (Å²) in [6.07, 6.45) is 5.21. The third-order valence-electron chi connectivity index (χ3n) is 5.56. The number of halogens is 2. The highest BCUT2D eigenvalue weighted by molar-refractivity contribution is 7.89. The highest BCUT2D eigenvalue weighted by Crippen LogP contribution is 2.41. The van der Waals surface area contributed by atoms with Crippen LogP contribution in [0.25, 0.3) is 22.4 Å². The van der Waals surface area contributed by atoms with E-state index < -0.39 is 29.4 Å².